The van der Waals surface area contributed by atoms with Crippen molar-refractivity contribution >= 4 is 5.84 Å². The van der Waals surface area contributed by atoms with E-state index in [9.17, 15) is 0 Å². The van der Waals surface area contributed by atoms with Crippen LogP contribution in [-0.2, 0) is 4.74 Å². The van der Waals surface area contributed by atoms with Crippen molar-refractivity contribution < 1.29 is 4.74 Å². The van der Waals surface area contributed by atoms with Crippen LogP contribution in [0.5, 0.6) is 0 Å². The van der Waals surface area contributed by atoms with Crippen LogP contribution in [0.1, 0.15) is 45.4 Å². The Labute approximate surface area is 98.5 Å². The summed E-state index contributed by atoms with van der Waals surface area (Å²) >= 11 is 0. The number of amidine groups is 1. The van der Waals surface area contributed by atoms with E-state index in [-0.39, 0.29) is 0 Å². The lowest BCUT2D eigenvalue weighted by Crippen LogP contribution is -2.29. The minimum atomic E-state index is 0.337. The van der Waals surface area contributed by atoms with Crippen molar-refractivity contribution in [1.29, 1.82) is 0 Å². The van der Waals surface area contributed by atoms with Crippen LogP contribution >= 0.6 is 0 Å². The smallest absolute Gasteiger partial charge is 0.0971 e. The van der Waals surface area contributed by atoms with Crippen LogP contribution in [0.2, 0.25) is 0 Å². The fraction of sp³-hybridized carbons (Fsp3) is 0.923. The summed E-state index contributed by atoms with van der Waals surface area (Å²) in [4.78, 5) is 4.70. The summed E-state index contributed by atoms with van der Waals surface area (Å²) in [5.41, 5.74) is 6.13. The molecule has 0 radical (unpaired) electrons. The molecule has 1 saturated carbocycles. The quantitative estimate of drug-likeness (QED) is 0.591. The van der Waals surface area contributed by atoms with Crippen molar-refractivity contribution in [2.24, 2.45) is 22.6 Å². The molecular weight excluding hydrogens is 200 g/mol. The number of aliphatic imine (C=N–C) groups is 1. The highest BCUT2D eigenvalue weighted by Gasteiger charge is 2.23. The fourth-order valence-electron chi connectivity index (χ4n) is 2.78. The SMILES string of the molecule is CC(N=C(N)C1CCCCC1)C1CCOC1. The Morgan fingerprint density at radius 1 is 1.25 bits per heavy atom. The standard InChI is InChI=1S/C13H24N2O/c1-10(12-7-8-16-9-12)15-13(14)11-5-3-2-4-6-11/h10-12H,2-9H2,1H3,(H2,14,15). The highest BCUT2D eigenvalue weighted by atomic mass is 16.5. The second kappa shape index (κ2) is 5.67. The van der Waals surface area contributed by atoms with Gasteiger partial charge in [-0.05, 0) is 26.2 Å². The maximum absolute atomic E-state index is 6.13. The van der Waals surface area contributed by atoms with Gasteiger partial charge in [-0.1, -0.05) is 19.3 Å². The number of hydrogen-bond acceptors (Lipinski definition) is 2. The molecule has 3 heteroatoms. The average Bonchev–Trinajstić information content (AvgIpc) is 2.83. The summed E-state index contributed by atoms with van der Waals surface area (Å²) in [5, 5.41) is 0. The summed E-state index contributed by atoms with van der Waals surface area (Å²) in [6.07, 6.45) is 7.63. The van der Waals surface area contributed by atoms with Crippen molar-refractivity contribution in [1.82, 2.24) is 0 Å². The largest absolute Gasteiger partial charge is 0.387 e. The molecule has 2 unspecified atom stereocenters. The Hall–Kier alpha value is -0.570. The van der Waals surface area contributed by atoms with E-state index >= 15 is 0 Å². The third kappa shape index (κ3) is 2.97. The molecule has 0 spiro atoms. The molecule has 2 aliphatic rings. The maximum Gasteiger partial charge on any atom is 0.0971 e. The molecular formula is C13H24N2O. The molecule has 0 bridgehead atoms. The molecule has 2 rings (SSSR count). The predicted molar refractivity (Wildman–Crippen MR) is 66.6 cm³/mol. The van der Waals surface area contributed by atoms with Gasteiger partial charge in [0.1, 0.15) is 0 Å². The zero-order chi connectivity index (χ0) is 11.4. The Morgan fingerprint density at radius 2 is 2.00 bits per heavy atom. The number of ether oxygens (including phenoxy) is 1. The van der Waals surface area contributed by atoms with Crippen molar-refractivity contribution in [3.05, 3.63) is 0 Å². The van der Waals surface area contributed by atoms with E-state index in [4.69, 9.17) is 15.5 Å². The van der Waals surface area contributed by atoms with Gasteiger partial charge in [-0.2, -0.15) is 0 Å². The average molecular weight is 224 g/mol. The molecule has 1 heterocycles. The van der Waals surface area contributed by atoms with Crippen molar-refractivity contribution in [3.63, 3.8) is 0 Å². The first kappa shape index (κ1) is 11.9. The molecule has 1 aliphatic heterocycles. The van der Waals surface area contributed by atoms with Gasteiger partial charge in [-0.25, -0.2) is 0 Å². The molecule has 1 saturated heterocycles. The van der Waals surface area contributed by atoms with Gasteiger partial charge >= 0.3 is 0 Å². The van der Waals surface area contributed by atoms with Crippen LogP contribution in [0.4, 0.5) is 0 Å². The van der Waals surface area contributed by atoms with Crippen molar-refractivity contribution in [2.45, 2.75) is 51.5 Å². The first-order valence-corrected chi connectivity index (χ1v) is 6.68. The highest BCUT2D eigenvalue weighted by molar-refractivity contribution is 5.83. The summed E-state index contributed by atoms with van der Waals surface area (Å²) in [6, 6.07) is 0.337. The molecule has 1 aliphatic carbocycles. The Kier molecular flexibility index (Phi) is 4.22. The van der Waals surface area contributed by atoms with E-state index < -0.39 is 0 Å². The van der Waals surface area contributed by atoms with Gasteiger partial charge in [-0.15, -0.1) is 0 Å². The van der Waals surface area contributed by atoms with Gasteiger partial charge in [0, 0.05) is 18.4 Å². The van der Waals surface area contributed by atoms with Gasteiger partial charge in [0.2, 0.25) is 0 Å². The third-order valence-electron chi connectivity index (χ3n) is 4.02. The van der Waals surface area contributed by atoms with Crippen LogP contribution in [0.25, 0.3) is 0 Å². The van der Waals surface area contributed by atoms with Crippen LogP contribution in [-0.4, -0.2) is 25.1 Å². The topological polar surface area (TPSA) is 47.6 Å². The number of hydrogen-bond donors (Lipinski definition) is 1. The van der Waals surface area contributed by atoms with Gasteiger partial charge in [0.15, 0.2) is 0 Å². The van der Waals surface area contributed by atoms with Gasteiger partial charge in [-0.3, -0.25) is 4.99 Å². The fourth-order valence-corrected chi connectivity index (χ4v) is 2.78. The third-order valence-corrected chi connectivity index (χ3v) is 4.02. The molecule has 2 N–H and O–H groups in total. The summed E-state index contributed by atoms with van der Waals surface area (Å²) < 4.78 is 5.40. The molecule has 2 fully saturated rings. The monoisotopic (exact) mass is 224 g/mol. The highest BCUT2D eigenvalue weighted by Crippen LogP contribution is 2.25. The van der Waals surface area contributed by atoms with Crippen LogP contribution in [0, 0.1) is 11.8 Å². The lowest BCUT2D eigenvalue weighted by atomic mass is 9.88. The maximum atomic E-state index is 6.13. The van der Waals surface area contributed by atoms with Gasteiger partial charge in [0.25, 0.3) is 0 Å². The Balaban J connectivity index is 1.88. The molecule has 92 valence electrons. The molecule has 0 aromatic rings. The van der Waals surface area contributed by atoms with E-state index in [0.717, 1.165) is 25.5 Å². The minimum Gasteiger partial charge on any atom is -0.387 e. The van der Waals surface area contributed by atoms with Crippen LogP contribution in [0.3, 0.4) is 0 Å². The lowest BCUT2D eigenvalue weighted by molar-refractivity contribution is 0.182. The summed E-state index contributed by atoms with van der Waals surface area (Å²) in [7, 11) is 0. The summed E-state index contributed by atoms with van der Waals surface area (Å²) in [6.45, 7) is 3.94. The first-order valence-electron chi connectivity index (χ1n) is 6.68. The van der Waals surface area contributed by atoms with E-state index in [1.165, 1.54) is 32.1 Å². The van der Waals surface area contributed by atoms with E-state index in [0.29, 0.717) is 17.9 Å². The van der Waals surface area contributed by atoms with Crippen LogP contribution in [0.15, 0.2) is 4.99 Å². The van der Waals surface area contributed by atoms with Gasteiger partial charge in [0.05, 0.1) is 18.5 Å². The normalized spacial score (nSPS) is 30.6. The molecule has 16 heavy (non-hydrogen) atoms. The second-order valence-corrected chi connectivity index (χ2v) is 5.25. The first-order chi connectivity index (χ1) is 7.77. The Bertz CT molecular complexity index is 240. The lowest BCUT2D eigenvalue weighted by Gasteiger charge is -2.23. The van der Waals surface area contributed by atoms with Crippen LogP contribution < -0.4 is 5.73 Å². The molecule has 0 aromatic carbocycles. The molecule has 2 atom stereocenters. The number of nitrogens with zero attached hydrogens (tertiary/aromatic N) is 1. The zero-order valence-corrected chi connectivity index (χ0v) is 10.3. The molecule has 0 amide bonds. The van der Waals surface area contributed by atoms with Gasteiger partial charge < -0.3 is 10.5 Å². The number of rotatable bonds is 3. The second-order valence-electron chi connectivity index (χ2n) is 5.25. The minimum absolute atomic E-state index is 0.337. The zero-order valence-electron chi connectivity index (χ0n) is 10.3. The van der Waals surface area contributed by atoms with E-state index in [2.05, 4.69) is 6.92 Å². The Morgan fingerprint density at radius 3 is 2.62 bits per heavy atom. The van der Waals surface area contributed by atoms with E-state index in [1.807, 2.05) is 0 Å². The number of nitrogens with two attached hydrogens (primary N) is 1. The molecule has 3 nitrogen and oxygen atoms in total. The van der Waals surface area contributed by atoms with E-state index in [1.54, 1.807) is 0 Å². The predicted octanol–water partition coefficient (Wildman–Crippen LogP) is 2.35. The van der Waals surface area contributed by atoms with Crippen molar-refractivity contribution in [3.8, 4) is 0 Å². The summed E-state index contributed by atoms with van der Waals surface area (Å²) in [5.74, 6) is 2.04. The molecule has 0 aromatic heterocycles. The van der Waals surface area contributed by atoms with Crippen molar-refractivity contribution in [2.75, 3.05) is 13.2 Å².